The van der Waals surface area contributed by atoms with E-state index in [1.165, 1.54) is 7.11 Å². The van der Waals surface area contributed by atoms with Crippen LogP contribution in [-0.4, -0.2) is 25.5 Å². The Kier molecular flexibility index (Phi) is 3.95. The van der Waals surface area contributed by atoms with Crippen LogP contribution in [0.1, 0.15) is 43.6 Å². The van der Waals surface area contributed by atoms with Crippen LogP contribution >= 0.6 is 0 Å². The van der Waals surface area contributed by atoms with Crippen molar-refractivity contribution in [1.29, 1.82) is 0 Å². The van der Waals surface area contributed by atoms with E-state index in [0.717, 1.165) is 36.9 Å². The zero-order valence-electron chi connectivity index (χ0n) is 12.4. The predicted octanol–water partition coefficient (Wildman–Crippen LogP) is 2.87. The minimum atomic E-state index is -0.218. The molecule has 1 saturated carbocycles. The van der Waals surface area contributed by atoms with Crippen LogP contribution in [0.3, 0.4) is 0 Å². The summed E-state index contributed by atoms with van der Waals surface area (Å²) in [6.45, 7) is 0.601. The molecular weight excluding hydrogens is 266 g/mol. The Bertz CT molecular complexity index is 549. The summed E-state index contributed by atoms with van der Waals surface area (Å²) in [5, 5.41) is 0. The van der Waals surface area contributed by atoms with Crippen LogP contribution in [0.4, 0.5) is 5.69 Å². The maximum absolute atomic E-state index is 12.7. The third-order valence-corrected chi connectivity index (χ3v) is 4.68. The Labute approximate surface area is 125 Å². The molecular formula is C17H21NO3. The highest BCUT2D eigenvalue weighted by atomic mass is 16.5. The maximum Gasteiger partial charge on any atom is 0.306 e. The summed E-state index contributed by atoms with van der Waals surface area (Å²) in [5.41, 5.74) is 2.07. The fraction of sp³-hybridized carbons (Fsp3) is 0.529. The van der Waals surface area contributed by atoms with Crippen molar-refractivity contribution in [2.45, 2.75) is 38.0 Å². The summed E-state index contributed by atoms with van der Waals surface area (Å²) in [6, 6.07) is 7.92. The Balaban J connectivity index is 1.83. The standard InChI is InChI=1S/C17H21NO3/c1-21-16(19)10-13-11-18(15-9-5-4-8-14(13)15)17(20)12-6-2-3-7-12/h4-5,8-9,12-13H,2-3,6-7,10-11H2,1H3. The van der Waals surface area contributed by atoms with Crippen molar-refractivity contribution in [3.63, 3.8) is 0 Å². The second kappa shape index (κ2) is 5.88. The van der Waals surface area contributed by atoms with E-state index in [-0.39, 0.29) is 23.7 Å². The van der Waals surface area contributed by atoms with Crippen molar-refractivity contribution in [1.82, 2.24) is 0 Å². The highest BCUT2D eigenvalue weighted by Crippen LogP contribution is 2.40. The van der Waals surface area contributed by atoms with Gasteiger partial charge in [0.1, 0.15) is 0 Å². The summed E-state index contributed by atoms with van der Waals surface area (Å²) in [7, 11) is 1.41. The number of carbonyl (C=O) groups excluding carboxylic acids is 2. The molecule has 4 heteroatoms. The Morgan fingerprint density at radius 2 is 1.95 bits per heavy atom. The molecule has 1 amide bonds. The quantitative estimate of drug-likeness (QED) is 0.803. The van der Waals surface area contributed by atoms with Gasteiger partial charge in [0.25, 0.3) is 0 Å². The third-order valence-electron chi connectivity index (χ3n) is 4.68. The molecule has 1 aliphatic heterocycles. The number of amides is 1. The van der Waals surface area contributed by atoms with E-state index in [4.69, 9.17) is 4.74 Å². The molecule has 112 valence electrons. The topological polar surface area (TPSA) is 46.6 Å². The number of ether oxygens (including phenoxy) is 1. The molecule has 1 unspecified atom stereocenters. The van der Waals surface area contributed by atoms with E-state index in [1.807, 2.05) is 29.2 Å². The van der Waals surface area contributed by atoms with E-state index in [2.05, 4.69) is 0 Å². The summed E-state index contributed by atoms with van der Waals surface area (Å²) in [4.78, 5) is 26.2. The van der Waals surface area contributed by atoms with E-state index in [0.29, 0.717) is 13.0 Å². The Hall–Kier alpha value is -1.84. The molecule has 0 saturated heterocycles. The molecule has 1 heterocycles. The van der Waals surface area contributed by atoms with Gasteiger partial charge >= 0.3 is 5.97 Å². The number of nitrogens with zero attached hydrogens (tertiary/aromatic N) is 1. The van der Waals surface area contributed by atoms with Gasteiger partial charge in [-0.2, -0.15) is 0 Å². The number of esters is 1. The molecule has 1 fully saturated rings. The summed E-state index contributed by atoms with van der Waals surface area (Å²) in [5.74, 6) is 0.228. The van der Waals surface area contributed by atoms with Gasteiger partial charge in [0.05, 0.1) is 13.5 Å². The van der Waals surface area contributed by atoms with Gasteiger partial charge < -0.3 is 9.64 Å². The van der Waals surface area contributed by atoms with E-state index < -0.39 is 0 Å². The lowest BCUT2D eigenvalue weighted by atomic mass is 9.98. The van der Waals surface area contributed by atoms with Crippen LogP contribution in [0.5, 0.6) is 0 Å². The molecule has 1 atom stereocenters. The minimum absolute atomic E-state index is 0.0546. The number of carbonyl (C=O) groups is 2. The van der Waals surface area contributed by atoms with Crippen LogP contribution in [-0.2, 0) is 14.3 Å². The fourth-order valence-electron chi connectivity index (χ4n) is 3.56. The molecule has 0 spiro atoms. The van der Waals surface area contributed by atoms with E-state index in [9.17, 15) is 9.59 Å². The van der Waals surface area contributed by atoms with Crippen molar-refractivity contribution in [2.75, 3.05) is 18.6 Å². The second-order valence-corrected chi connectivity index (χ2v) is 5.97. The molecule has 1 aromatic carbocycles. The van der Waals surface area contributed by atoms with Gasteiger partial charge in [-0.05, 0) is 24.5 Å². The van der Waals surface area contributed by atoms with Crippen molar-refractivity contribution in [3.05, 3.63) is 29.8 Å². The summed E-state index contributed by atoms with van der Waals surface area (Å²) >= 11 is 0. The molecule has 2 aliphatic rings. The van der Waals surface area contributed by atoms with Crippen LogP contribution in [0.2, 0.25) is 0 Å². The molecule has 0 N–H and O–H groups in total. The molecule has 1 aromatic rings. The fourth-order valence-corrected chi connectivity index (χ4v) is 3.56. The van der Waals surface area contributed by atoms with Crippen LogP contribution in [0.15, 0.2) is 24.3 Å². The van der Waals surface area contributed by atoms with E-state index >= 15 is 0 Å². The lowest BCUT2D eigenvalue weighted by molar-refractivity contribution is -0.141. The van der Waals surface area contributed by atoms with Gasteiger partial charge in [-0.3, -0.25) is 9.59 Å². The monoisotopic (exact) mass is 287 g/mol. The predicted molar refractivity (Wildman–Crippen MR) is 80.1 cm³/mol. The number of methoxy groups -OCH3 is 1. The zero-order valence-corrected chi connectivity index (χ0v) is 12.4. The van der Waals surface area contributed by atoms with Crippen LogP contribution in [0.25, 0.3) is 0 Å². The number of hydrogen-bond donors (Lipinski definition) is 0. The smallest absolute Gasteiger partial charge is 0.306 e. The molecule has 21 heavy (non-hydrogen) atoms. The zero-order chi connectivity index (χ0) is 14.8. The average molecular weight is 287 g/mol. The first kappa shape index (κ1) is 14.1. The largest absolute Gasteiger partial charge is 0.469 e. The molecule has 0 bridgehead atoms. The normalized spacial score (nSPS) is 21.4. The number of hydrogen-bond acceptors (Lipinski definition) is 3. The number of anilines is 1. The first-order valence-corrected chi connectivity index (χ1v) is 7.68. The van der Waals surface area contributed by atoms with Gasteiger partial charge in [-0.1, -0.05) is 31.0 Å². The van der Waals surface area contributed by atoms with Crippen molar-refractivity contribution in [3.8, 4) is 0 Å². The minimum Gasteiger partial charge on any atom is -0.469 e. The van der Waals surface area contributed by atoms with Crippen molar-refractivity contribution < 1.29 is 14.3 Å². The molecule has 1 aliphatic carbocycles. The molecule has 0 radical (unpaired) electrons. The van der Waals surface area contributed by atoms with Gasteiger partial charge in [0, 0.05) is 24.1 Å². The first-order chi connectivity index (χ1) is 10.2. The highest BCUT2D eigenvalue weighted by molar-refractivity contribution is 5.97. The van der Waals surface area contributed by atoms with Crippen LogP contribution in [0, 0.1) is 5.92 Å². The SMILES string of the molecule is COC(=O)CC1CN(C(=O)C2CCCC2)c2ccccc21. The number of fused-ring (bicyclic) bond motifs is 1. The van der Waals surface area contributed by atoms with Crippen molar-refractivity contribution in [2.24, 2.45) is 5.92 Å². The Morgan fingerprint density at radius 1 is 1.24 bits per heavy atom. The highest BCUT2D eigenvalue weighted by Gasteiger charge is 2.36. The van der Waals surface area contributed by atoms with Gasteiger partial charge in [0.15, 0.2) is 0 Å². The van der Waals surface area contributed by atoms with Crippen LogP contribution < -0.4 is 4.90 Å². The summed E-state index contributed by atoms with van der Waals surface area (Å²) in [6.07, 6.45) is 4.63. The van der Waals surface area contributed by atoms with Gasteiger partial charge in [-0.15, -0.1) is 0 Å². The molecule has 4 nitrogen and oxygen atoms in total. The number of rotatable bonds is 3. The van der Waals surface area contributed by atoms with Gasteiger partial charge in [0.2, 0.25) is 5.91 Å². The lowest BCUT2D eigenvalue weighted by Gasteiger charge is -2.21. The number of para-hydroxylation sites is 1. The lowest BCUT2D eigenvalue weighted by Crippen LogP contribution is -2.34. The summed E-state index contributed by atoms with van der Waals surface area (Å²) < 4.78 is 4.78. The second-order valence-electron chi connectivity index (χ2n) is 5.97. The van der Waals surface area contributed by atoms with Gasteiger partial charge in [-0.25, -0.2) is 0 Å². The molecule has 0 aromatic heterocycles. The Morgan fingerprint density at radius 3 is 2.67 bits per heavy atom. The third kappa shape index (κ3) is 2.67. The van der Waals surface area contributed by atoms with Crippen molar-refractivity contribution >= 4 is 17.6 Å². The maximum atomic E-state index is 12.7. The average Bonchev–Trinajstić information content (AvgIpc) is 3.15. The first-order valence-electron chi connectivity index (χ1n) is 7.68. The van der Waals surface area contributed by atoms with E-state index in [1.54, 1.807) is 0 Å². The number of benzene rings is 1. The molecule has 3 rings (SSSR count).